The normalized spacial score (nSPS) is 17.8. The van der Waals surface area contributed by atoms with E-state index in [1.807, 2.05) is 31.2 Å². The van der Waals surface area contributed by atoms with Crippen LogP contribution in [0.3, 0.4) is 0 Å². The van der Waals surface area contributed by atoms with Gasteiger partial charge in [-0.3, -0.25) is 9.48 Å². The van der Waals surface area contributed by atoms with E-state index < -0.39 is 39.2 Å². The molecule has 1 fully saturated rings. The fourth-order valence-electron chi connectivity index (χ4n) is 3.74. The van der Waals surface area contributed by atoms with Gasteiger partial charge in [0.05, 0.1) is 34.5 Å². The average Bonchev–Trinajstić information content (AvgIpc) is 3.32. The summed E-state index contributed by atoms with van der Waals surface area (Å²) < 4.78 is 65.7. The van der Waals surface area contributed by atoms with E-state index in [0.29, 0.717) is 17.7 Å². The highest BCUT2D eigenvalue weighted by Gasteiger charge is 2.35. The lowest BCUT2D eigenvalue weighted by atomic mass is 10.1. The summed E-state index contributed by atoms with van der Waals surface area (Å²) in [6.07, 6.45) is -4.39. The van der Waals surface area contributed by atoms with E-state index in [0.717, 1.165) is 17.7 Å². The van der Waals surface area contributed by atoms with Crippen molar-refractivity contribution >= 4 is 33.0 Å². The molecule has 3 aromatic rings. The quantitative estimate of drug-likeness (QED) is 0.541. The number of alkyl halides is 3. The van der Waals surface area contributed by atoms with Crippen molar-refractivity contribution in [3.63, 3.8) is 0 Å². The average molecular weight is 498 g/mol. The molecule has 1 aliphatic rings. The Labute approximate surface area is 193 Å². The third kappa shape index (κ3) is 5.06. The van der Waals surface area contributed by atoms with Crippen LogP contribution in [0.5, 0.6) is 0 Å². The van der Waals surface area contributed by atoms with Crippen LogP contribution in [-0.4, -0.2) is 35.6 Å². The number of anilines is 1. The first-order chi connectivity index (χ1) is 15.4. The number of hydrogen-bond donors (Lipinski definition) is 1. The number of hydrogen-bond acceptors (Lipinski definition) is 4. The van der Waals surface area contributed by atoms with E-state index in [1.54, 1.807) is 0 Å². The Morgan fingerprint density at radius 1 is 1.15 bits per heavy atom. The number of aryl methyl sites for hydroxylation is 1. The molecule has 1 aromatic heterocycles. The lowest BCUT2D eigenvalue weighted by Crippen LogP contribution is -2.18. The number of nitrogens with zero attached hydrogens (tertiary/aromatic N) is 2. The molecule has 6 nitrogen and oxygen atoms in total. The maximum absolute atomic E-state index is 13.4. The molecule has 11 heteroatoms. The van der Waals surface area contributed by atoms with Gasteiger partial charge in [-0.2, -0.15) is 18.3 Å². The summed E-state index contributed by atoms with van der Waals surface area (Å²) in [6, 6.07) is 11.4. The first-order valence-corrected chi connectivity index (χ1v) is 12.2. The van der Waals surface area contributed by atoms with Crippen LogP contribution in [0, 0.1) is 6.92 Å². The second-order valence-electron chi connectivity index (χ2n) is 7.92. The summed E-state index contributed by atoms with van der Waals surface area (Å²) in [7, 11) is -3.23. The predicted octanol–water partition coefficient (Wildman–Crippen LogP) is 5.14. The van der Waals surface area contributed by atoms with Crippen LogP contribution in [0.1, 0.15) is 34.1 Å². The molecule has 174 valence electrons. The highest BCUT2D eigenvalue weighted by Crippen LogP contribution is 2.37. The van der Waals surface area contributed by atoms with Gasteiger partial charge < -0.3 is 5.32 Å². The van der Waals surface area contributed by atoms with Gasteiger partial charge in [0.25, 0.3) is 5.91 Å². The minimum absolute atomic E-state index is 0.00606. The first kappa shape index (κ1) is 23.3. The summed E-state index contributed by atoms with van der Waals surface area (Å²) in [6.45, 7) is 1.91. The summed E-state index contributed by atoms with van der Waals surface area (Å²) in [5.41, 5.74) is 0.565. The minimum atomic E-state index is -4.72. The highest BCUT2D eigenvalue weighted by atomic mass is 35.5. The Morgan fingerprint density at radius 3 is 2.45 bits per heavy atom. The molecule has 0 bridgehead atoms. The molecule has 1 saturated heterocycles. The summed E-state index contributed by atoms with van der Waals surface area (Å²) in [5.74, 6) is -0.966. The van der Waals surface area contributed by atoms with Crippen molar-refractivity contribution in [1.82, 2.24) is 9.78 Å². The molecular formula is C22H19ClF3N3O3S. The molecule has 4 rings (SSSR count). The molecule has 2 heterocycles. The van der Waals surface area contributed by atoms with Crippen molar-refractivity contribution in [1.29, 1.82) is 0 Å². The summed E-state index contributed by atoms with van der Waals surface area (Å²) in [5, 5.41) is 6.43. The van der Waals surface area contributed by atoms with Crippen LogP contribution in [0.25, 0.3) is 11.3 Å². The van der Waals surface area contributed by atoms with E-state index in [4.69, 9.17) is 11.6 Å². The van der Waals surface area contributed by atoms with Gasteiger partial charge in [0.2, 0.25) is 0 Å². The number of carbonyl (C=O) groups is 1. The number of aromatic nitrogens is 2. The van der Waals surface area contributed by atoms with Crippen molar-refractivity contribution in [3.8, 4) is 11.3 Å². The van der Waals surface area contributed by atoms with Crippen molar-refractivity contribution in [2.24, 2.45) is 0 Å². The van der Waals surface area contributed by atoms with Gasteiger partial charge in [0, 0.05) is 5.02 Å². The molecule has 1 atom stereocenters. The van der Waals surface area contributed by atoms with Gasteiger partial charge in [-0.1, -0.05) is 41.4 Å². The van der Waals surface area contributed by atoms with Crippen LogP contribution in [0.15, 0.2) is 48.5 Å². The lowest BCUT2D eigenvalue weighted by molar-refractivity contribution is -0.136. The fraction of sp³-hybridized carbons (Fsp3) is 0.273. The Morgan fingerprint density at radius 2 is 1.85 bits per heavy atom. The molecule has 1 unspecified atom stereocenters. The molecule has 0 radical (unpaired) electrons. The summed E-state index contributed by atoms with van der Waals surface area (Å²) in [4.78, 5) is 12.9. The number of carbonyl (C=O) groups excluding carboxylic acids is 1. The van der Waals surface area contributed by atoms with Gasteiger partial charge >= 0.3 is 6.18 Å². The van der Waals surface area contributed by atoms with Crippen molar-refractivity contribution in [2.75, 3.05) is 16.8 Å². The zero-order valence-electron chi connectivity index (χ0n) is 17.4. The van der Waals surface area contributed by atoms with Crippen LogP contribution >= 0.6 is 11.6 Å². The van der Waals surface area contributed by atoms with E-state index in [2.05, 4.69) is 10.4 Å². The van der Waals surface area contributed by atoms with Crippen LogP contribution in [0.4, 0.5) is 18.9 Å². The number of amides is 1. The van der Waals surface area contributed by atoms with E-state index in [1.165, 1.54) is 16.8 Å². The van der Waals surface area contributed by atoms with Crippen LogP contribution in [0.2, 0.25) is 5.02 Å². The second-order valence-corrected chi connectivity index (χ2v) is 10.6. The zero-order valence-corrected chi connectivity index (χ0v) is 18.9. The third-order valence-electron chi connectivity index (χ3n) is 5.41. The number of nitrogens with one attached hydrogen (secondary N) is 1. The smallest absolute Gasteiger partial charge is 0.320 e. The number of halogens is 4. The van der Waals surface area contributed by atoms with Gasteiger partial charge in [0.1, 0.15) is 0 Å². The first-order valence-electron chi connectivity index (χ1n) is 9.98. The van der Waals surface area contributed by atoms with Gasteiger partial charge in [-0.05, 0) is 43.2 Å². The molecular weight excluding hydrogens is 479 g/mol. The maximum atomic E-state index is 13.4. The molecule has 33 heavy (non-hydrogen) atoms. The Kier molecular flexibility index (Phi) is 6.00. The SMILES string of the molecule is Cc1ccc(-c2cc(C(=O)Nc3ccc(Cl)cc3C(F)(F)F)nn2C2CCS(=O)(=O)C2)cc1. The molecule has 1 N–H and O–H groups in total. The standard InChI is InChI=1S/C22H19ClF3N3O3S/c1-13-2-4-14(5-3-13)20-11-19(28-29(20)16-8-9-33(31,32)12-16)21(30)27-18-7-6-15(23)10-17(18)22(24,25)26/h2-7,10-11,16H,8-9,12H2,1H3,(H,27,30). The second kappa shape index (κ2) is 8.49. The predicted molar refractivity (Wildman–Crippen MR) is 119 cm³/mol. The van der Waals surface area contributed by atoms with Crippen LogP contribution < -0.4 is 5.32 Å². The third-order valence-corrected chi connectivity index (χ3v) is 7.39. The Bertz CT molecular complexity index is 1320. The molecule has 1 amide bonds. The molecule has 2 aromatic carbocycles. The Hall–Kier alpha value is -2.85. The van der Waals surface area contributed by atoms with E-state index in [9.17, 15) is 26.4 Å². The summed E-state index contributed by atoms with van der Waals surface area (Å²) >= 11 is 5.70. The molecule has 0 spiro atoms. The van der Waals surface area contributed by atoms with Crippen LogP contribution in [-0.2, 0) is 16.0 Å². The largest absolute Gasteiger partial charge is 0.418 e. The topological polar surface area (TPSA) is 81.1 Å². The molecule has 0 aliphatic carbocycles. The van der Waals surface area contributed by atoms with E-state index in [-0.39, 0.29) is 22.2 Å². The van der Waals surface area contributed by atoms with E-state index >= 15 is 0 Å². The minimum Gasteiger partial charge on any atom is -0.320 e. The number of benzene rings is 2. The highest BCUT2D eigenvalue weighted by molar-refractivity contribution is 7.91. The monoisotopic (exact) mass is 497 g/mol. The van der Waals surface area contributed by atoms with Gasteiger partial charge in [-0.15, -0.1) is 0 Å². The van der Waals surface area contributed by atoms with Gasteiger partial charge in [-0.25, -0.2) is 8.42 Å². The zero-order chi connectivity index (χ0) is 24.0. The maximum Gasteiger partial charge on any atom is 0.418 e. The fourth-order valence-corrected chi connectivity index (χ4v) is 5.60. The number of sulfone groups is 1. The van der Waals surface area contributed by atoms with Crippen molar-refractivity contribution in [3.05, 3.63) is 70.4 Å². The molecule has 0 saturated carbocycles. The van der Waals surface area contributed by atoms with Gasteiger partial charge in [0.15, 0.2) is 15.5 Å². The lowest BCUT2D eigenvalue weighted by Gasteiger charge is -2.14. The molecule has 1 aliphatic heterocycles. The van der Waals surface area contributed by atoms with Crippen molar-refractivity contribution in [2.45, 2.75) is 25.6 Å². The Balaban J connectivity index is 1.72. The number of rotatable bonds is 4. The van der Waals surface area contributed by atoms with Crippen molar-refractivity contribution < 1.29 is 26.4 Å².